The largest absolute Gasteiger partial charge is 0.481 e. The van der Waals surface area contributed by atoms with Crippen molar-refractivity contribution in [3.05, 3.63) is 35.4 Å². The maximum atomic E-state index is 12.3. The number of hydrogen-bond acceptors (Lipinski definition) is 3. The average Bonchev–Trinajstić information content (AvgIpc) is 2.90. The quantitative estimate of drug-likeness (QED) is 0.877. The molecule has 1 N–H and O–H groups in total. The zero-order valence-electron chi connectivity index (χ0n) is 16.0. The number of carboxylic acid groups (broad SMARTS) is 1. The third kappa shape index (κ3) is 4.74. The van der Waals surface area contributed by atoms with Crippen LogP contribution in [0.3, 0.4) is 0 Å². The SMILES string of the molecule is CC(C)(C)OC(=O)N1CC(C(=O)O)C(c2ccc(C(C)(C)C)cc2)C1. The summed E-state index contributed by atoms with van der Waals surface area (Å²) in [5.41, 5.74) is 1.60. The van der Waals surface area contributed by atoms with Gasteiger partial charge in [-0.05, 0) is 37.3 Å². The predicted octanol–water partition coefficient (Wildman–Crippen LogP) is 4.02. The van der Waals surface area contributed by atoms with Gasteiger partial charge >= 0.3 is 12.1 Å². The van der Waals surface area contributed by atoms with Gasteiger partial charge in [-0.2, -0.15) is 0 Å². The first-order chi connectivity index (χ1) is 11.4. The van der Waals surface area contributed by atoms with E-state index < -0.39 is 23.6 Å². The molecule has 5 nitrogen and oxygen atoms in total. The van der Waals surface area contributed by atoms with Gasteiger partial charge in [-0.1, -0.05) is 45.0 Å². The van der Waals surface area contributed by atoms with E-state index in [-0.39, 0.29) is 17.9 Å². The first kappa shape index (κ1) is 19.3. The molecule has 1 aromatic carbocycles. The Bertz CT molecular complexity index is 637. The summed E-state index contributed by atoms with van der Waals surface area (Å²) >= 11 is 0. The number of carboxylic acids is 1. The Morgan fingerprint density at radius 2 is 1.60 bits per heavy atom. The second-order valence-corrected chi connectivity index (χ2v) is 8.81. The van der Waals surface area contributed by atoms with E-state index in [0.717, 1.165) is 5.56 Å². The highest BCUT2D eigenvalue weighted by atomic mass is 16.6. The van der Waals surface area contributed by atoms with E-state index in [0.29, 0.717) is 6.54 Å². The van der Waals surface area contributed by atoms with Gasteiger partial charge in [-0.15, -0.1) is 0 Å². The molecule has 1 saturated heterocycles. The molecule has 1 aliphatic heterocycles. The van der Waals surface area contributed by atoms with Crippen molar-refractivity contribution in [3.8, 4) is 0 Å². The van der Waals surface area contributed by atoms with E-state index >= 15 is 0 Å². The fourth-order valence-electron chi connectivity index (χ4n) is 3.10. The predicted molar refractivity (Wildman–Crippen MR) is 96.8 cm³/mol. The van der Waals surface area contributed by atoms with Crippen LogP contribution in [0.25, 0.3) is 0 Å². The minimum Gasteiger partial charge on any atom is -0.481 e. The van der Waals surface area contributed by atoms with Gasteiger partial charge in [0.05, 0.1) is 5.92 Å². The van der Waals surface area contributed by atoms with Crippen molar-refractivity contribution in [2.24, 2.45) is 5.92 Å². The van der Waals surface area contributed by atoms with Gasteiger partial charge in [0.2, 0.25) is 0 Å². The van der Waals surface area contributed by atoms with E-state index in [1.807, 2.05) is 24.3 Å². The summed E-state index contributed by atoms with van der Waals surface area (Å²) < 4.78 is 5.39. The van der Waals surface area contributed by atoms with Gasteiger partial charge in [-0.3, -0.25) is 4.79 Å². The molecule has 0 saturated carbocycles. The standard InChI is InChI=1S/C20H29NO4/c1-19(2,3)14-9-7-13(8-10-14)15-11-21(12-16(15)17(22)23)18(24)25-20(4,5)6/h7-10,15-16H,11-12H2,1-6H3,(H,22,23). The van der Waals surface area contributed by atoms with Crippen LogP contribution in [0.15, 0.2) is 24.3 Å². The summed E-state index contributed by atoms with van der Waals surface area (Å²) in [5.74, 6) is -1.72. The molecule has 2 rings (SSSR count). The van der Waals surface area contributed by atoms with E-state index in [1.165, 1.54) is 10.5 Å². The van der Waals surface area contributed by atoms with E-state index in [1.54, 1.807) is 20.8 Å². The molecule has 0 radical (unpaired) electrons. The van der Waals surface area contributed by atoms with E-state index in [9.17, 15) is 14.7 Å². The molecule has 0 aliphatic carbocycles. The molecule has 25 heavy (non-hydrogen) atoms. The van der Waals surface area contributed by atoms with E-state index in [4.69, 9.17) is 4.74 Å². The normalized spacial score (nSPS) is 21.3. The Kier molecular flexibility index (Phi) is 5.17. The van der Waals surface area contributed by atoms with Gasteiger partial charge in [0, 0.05) is 19.0 Å². The second kappa shape index (κ2) is 6.70. The molecule has 1 aromatic rings. The first-order valence-corrected chi connectivity index (χ1v) is 8.69. The third-order valence-electron chi connectivity index (χ3n) is 4.49. The molecule has 1 amide bonds. The van der Waals surface area contributed by atoms with Crippen LogP contribution in [0, 0.1) is 5.92 Å². The van der Waals surface area contributed by atoms with Crippen molar-refractivity contribution in [2.75, 3.05) is 13.1 Å². The minimum absolute atomic E-state index is 0.0446. The lowest BCUT2D eigenvalue weighted by Crippen LogP contribution is -2.35. The van der Waals surface area contributed by atoms with Crippen LogP contribution in [0.2, 0.25) is 0 Å². The Balaban J connectivity index is 2.21. The van der Waals surface area contributed by atoms with Crippen LogP contribution >= 0.6 is 0 Å². The molecule has 1 fully saturated rings. The van der Waals surface area contributed by atoms with Crippen LogP contribution in [-0.2, 0) is 14.9 Å². The Labute approximate surface area is 150 Å². The van der Waals surface area contributed by atoms with Gasteiger partial charge in [0.25, 0.3) is 0 Å². The van der Waals surface area contributed by atoms with Crippen LogP contribution < -0.4 is 0 Å². The Morgan fingerprint density at radius 1 is 1.04 bits per heavy atom. The topological polar surface area (TPSA) is 66.8 Å². The molecule has 1 heterocycles. The van der Waals surface area contributed by atoms with Gasteiger partial charge in [0.1, 0.15) is 5.60 Å². The molecule has 0 spiro atoms. The summed E-state index contributed by atoms with van der Waals surface area (Å²) in [5, 5.41) is 9.58. The second-order valence-electron chi connectivity index (χ2n) is 8.81. The molecule has 2 unspecified atom stereocenters. The van der Waals surface area contributed by atoms with E-state index in [2.05, 4.69) is 20.8 Å². The molecule has 138 valence electrons. The van der Waals surface area contributed by atoms with Crippen molar-refractivity contribution in [3.63, 3.8) is 0 Å². The lowest BCUT2D eigenvalue weighted by molar-refractivity contribution is -0.141. The number of hydrogen-bond donors (Lipinski definition) is 1. The molecule has 2 atom stereocenters. The number of carbonyl (C=O) groups is 2. The summed E-state index contributed by atoms with van der Waals surface area (Å²) in [6.45, 7) is 12.4. The highest BCUT2D eigenvalue weighted by Gasteiger charge is 2.41. The molecular weight excluding hydrogens is 318 g/mol. The minimum atomic E-state index is -0.879. The summed E-state index contributed by atoms with van der Waals surface area (Å²) in [4.78, 5) is 25.5. The van der Waals surface area contributed by atoms with Crippen LogP contribution in [0.1, 0.15) is 58.6 Å². The highest BCUT2D eigenvalue weighted by Crippen LogP contribution is 2.35. The van der Waals surface area contributed by atoms with Crippen LogP contribution in [0.5, 0.6) is 0 Å². The molecular formula is C20H29NO4. The third-order valence-corrected chi connectivity index (χ3v) is 4.49. The maximum absolute atomic E-state index is 12.3. The number of nitrogens with zero attached hydrogens (tertiary/aromatic N) is 1. The van der Waals surface area contributed by atoms with Crippen LogP contribution in [0.4, 0.5) is 4.79 Å². The lowest BCUT2D eigenvalue weighted by atomic mass is 9.83. The molecule has 1 aliphatic rings. The Morgan fingerprint density at radius 3 is 2.04 bits per heavy atom. The monoisotopic (exact) mass is 347 g/mol. The Hall–Kier alpha value is -2.04. The van der Waals surface area contributed by atoms with Crippen molar-refractivity contribution in [1.82, 2.24) is 4.90 Å². The number of carbonyl (C=O) groups excluding carboxylic acids is 1. The smallest absolute Gasteiger partial charge is 0.410 e. The highest BCUT2D eigenvalue weighted by molar-refractivity contribution is 5.76. The van der Waals surface area contributed by atoms with Crippen molar-refractivity contribution >= 4 is 12.1 Å². The van der Waals surface area contributed by atoms with Crippen molar-refractivity contribution in [2.45, 2.75) is 58.5 Å². The first-order valence-electron chi connectivity index (χ1n) is 8.69. The number of benzene rings is 1. The fourth-order valence-corrected chi connectivity index (χ4v) is 3.10. The maximum Gasteiger partial charge on any atom is 0.410 e. The van der Waals surface area contributed by atoms with Crippen molar-refractivity contribution in [1.29, 1.82) is 0 Å². The van der Waals surface area contributed by atoms with Crippen LogP contribution in [-0.4, -0.2) is 40.8 Å². The summed E-state index contributed by atoms with van der Waals surface area (Å²) in [6.07, 6.45) is -0.451. The average molecular weight is 347 g/mol. The molecule has 0 bridgehead atoms. The number of amides is 1. The van der Waals surface area contributed by atoms with Gasteiger partial charge < -0.3 is 14.7 Å². The zero-order valence-corrected chi connectivity index (χ0v) is 16.0. The van der Waals surface area contributed by atoms with Gasteiger partial charge in [0.15, 0.2) is 0 Å². The molecule has 5 heteroatoms. The number of ether oxygens (including phenoxy) is 1. The number of likely N-dealkylation sites (tertiary alicyclic amines) is 1. The zero-order chi connectivity index (χ0) is 19.0. The van der Waals surface area contributed by atoms with Crippen molar-refractivity contribution < 1.29 is 19.4 Å². The summed E-state index contributed by atoms with van der Waals surface area (Å²) in [7, 11) is 0. The number of rotatable bonds is 2. The number of aliphatic carboxylic acids is 1. The summed E-state index contributed by atoms with van der Waals surface area (Å²) in [6, 6.07) is 8.06. The fraction of sp³-hybridized carbons (Fsp3) is 0.600. The lowest BCUT2D eigenvalue weighted by Gasteiger charge is -2.24. The van der Waals surface area contributed by atoms with Gasteiger partial charge in [-0.25, -0.2) is 4.79 Å². The molecule has 0 aromatic heterocycles.